The van der Waals surface area contributed by atoms with Crippen LogP contribution < -0.4 is 10.6 Å². The van der Waals surface area contributed by atoms with Crippen molar-refractivity contribution in [2.45, 2.75) is 26.6 Å². The van der Waals surface area contributed by atoms with Crippen molar-refractivity contribution in [3.63, 3.8) is 0 Å². The maximum Gasteiger partial charge on any atom is 0.124 e. The Hall–Kier alpha value is -1.47. The van der Waals surface area contributed by atoms with E-state index in [1.807, 2.05) is 0 Å². The maximum absolute atomic E-state index is 7.00. The summed E-state index contributed by atoms with van der Waals surface area (Å²) in [6, 6.07) is 4.46. The Morgan fingerprint density at radius 2 is 1.87 bits per heavy atom. The molecule has 2 aromatic rings. The largest absolute Gasteiger partial charge is 0.400 e. The van der Waals surface area contributed by atoms with Crippen LogP contribution in [-0.2, 0) is 19.6 Å². The summed E-state index contributed by atoms with van der Waals surface area (Å²) in [6.45, 7) is 10.6. The van der Waals surface area contributed by atoms with Crippen molar-refractivity contribution in [1.82, 2.24) is 25.1 Å². The fraction of sp³-hybridized carbons (Fsp3) is 0.588. The van der Waals surface area contributed by atoms with Crippen LogP contribution in [-0.4, -0.2) is 59.4 Å². The first-order valence-corrected chi connectivity index (χ1v) is 8.39. The molecule has 0 amide bonds. The maximum atomic E-state index is 7.00. The number of nitrogens with one attached hydrogen (secondary N) is 2. The number of imidazole rings is 1. The molecule has 2 aliphatic rings. The lowest BCUT2D eigenvalue weighted by Crippen LogP contribution is -2.43. The molecule has 0 bridgehead atoms. The number of piperazine rings is 1. The van der Waals surface area contributed by atoms with Gasteiger partial charge in [0.2, 0.25) is 0 Å². The fourth-order valence-corrected chi connectivity index (χ4v) is 3.47. The van der Waals surface area contributed by atoms with E-state index < -0.39 is 0 Å². The van der Waals surface area contributed by atoms with Crippen molar-refractivity contribution < 1.29 is 6.53 Å². The molecule has 0 spiro atoms. The summed E-state index contributed by atoms with van der Waals surface area (Å²) < 4.78 is 2.44. The molecule has 0 aliphatic carbocycles. The van der Waals surface area contributed by atoms with Gasteiger partial charge in [-0.25, -0.2) is 4.98 Å². The third kappa shape index (κ3) is 3.26. The fourth-order valence-electron chi connectivity index (χ4n) is 3.47. The van der Waals surface area contributed by atoms with Gasteiger partial charge in [0.25, 0.3) is 0 Å². The van der Waals surface area contributed by atoms with E-state index in [2.05, 4.69) is 39.2 Å². The van der Waals surface area contributed by atoms with Gasteiger partial charge in [-0.15, -0.1) is 0 Å². The average Bonchev–Trinajstić information content (AvgIpc) is 2.81. The minimum atomic E-state index is 0. The highest BCUT2D eigenvalue weighted by Gasteiger charge is 2.20. The smallest absolute Gasteiger partial charge is 0.124 e. The van der Waals surface area contributed by atoms with Crippen LogP contribution in [0.2, 0.25) is 0 Å². The van der Waals surface area contributed by atoms with E-state index in [-0.39, 0.29) is 1.43 Å². The summed E-state index contributed by atoms with van der Waals surface area (Å²) in [5.41, 5.74) is 5.22. The van der Waals surface area contributed by atoms with Crippen LogP contribution in [0.1, 0.15) is 18.4 Å². The summed E-state index contributed by atoms with van der Waals surface area (Å²) in [5, 5.41) is 13.9. The second-order valence-corrected chi connectivity index (χ2v) is 6.12. The minimum Gasteiger partial charge on any atom is -0.400 e. The Balaban J connectivity index is 0.000000670. The van der Waals surface area contributed by atoms with Crippen molar-refractivity contribution in [2.24, 2.45) is 0 Å². The molecule has 1 saturated heterocycles. The number of benzene rings is 1. The molecule has 0 saturated carbocycles. The van der Waals surface area contributed by atoms with Crippen molar-refractivity contribution >= 4 is 11.0 Å². The molecule has 0 unspecified atom stereocenters. The standard InChI is InChI=1S/C16H23N5.CH4O.H2/c1-12-2-3-13-10-18-6-9-21-14(19-15(12)16(13)21)11-20-7-4-17-5-8-20;1-2;/h2-3,17-18H,4-11H2,1H3;2H,1H3;1H. The Bertz CT molecular complexity index is 667. The number of nitrogens with zero attached hydrogens (tertiary/aromatic N) is 3. The van der Waals surface area contributed by atoms with E-state index in [1.165, 1.54) is 28.0 Å². The molecular formula is C17H29N5O. The third-order valence-electron chi connectivity index (χ3n) is 4.66. The van der Waals surface area contributed by atoms with Crippen LogP contribution >= 0.6 is 0 Å². The molecule has 6 nitrogen and oxygen atoms in total. The molecule has 0 atom stereocenters. The molecule has 1 aromatic carbocycles. The second kappa shape index (κ2) is 7.40. The van der Waals surface area contributed by atoms with Gasteiger partial charge in [-0.05, 0) is 18.1 Å². The zero-order valence-electron chi connectivity index (χ0n) is 14.1. The zero-order valence-corrected chi connectivity index (χ0v) is 14.1. The summed E-state index contributed by atoms with van der Waals surface area (Å²) in [7, 11) is 1.00. The van der Waals surface area contributed by atoms with E-state index in [1.54, 1.807) is 0 Å². The molecule has 6 heteroatoms. The second-order valence-electron chi connectivity index (χ2n) is 6.12. The predicted molar refractivity (Wildman–Crippen MR) is 94.6 cm³/mol. The number of aliphatic hydroxyl groups excluding tert-OH is 1. The topological polar surface area (TPSA) is 65.4 Å². The monoisotopic (exact) mass is 319 g/mol. The van der Waals surface area contributed by atoms with Crippen LogP contribution in [0.15, 0.2) is 12.1 Å². The minimum absolute atomic E-state index is 0. The molecule has 1 fully saturated rings. The molecule has 3 N–H and O–H groups in total. The number of hydrogen-bond donors (Lipinski definition) is 3. The first-order valence-electron chi connectivity index (χ1n) is 8.39. The summed E-state index contributed by atoms with van der Waals surface area (Å²) >= 11 is 0. The molecular weight excluding hydrogens is 290 g/mol. The Labute approximate surface area is 139 Å². The van der Waals surface area contributed by atoms with Crippen LogP contribution in [0.4, 0.5) is 0 Å². The lowest BCUT2D eigenvalue weighted by Gasteiger charge is -2.27. The van der Waals surface area contributed by atoms with E-state index in [0.29, 0.717) is 0 Å². The highest BCUT2D eigenvalue weighted by atomic mass is 16.2. The Morgan fingerprint density at radius 3 is 2.65 bits per heavy atom. The molecule has 1 aromatic heterocycles. The molecule has 4 rings (SSSR count). The molecule has 3 heterocycles. The van der Waals surface area contributed by atoms with Gasteiger partial charge in [0.15, 0.2) is 0 Å². The highest BCUT2D eigenvalue weighted by Crippen LogP contribution is 2.26. The van der Waals surface area contributed by atoms with E-state index in [0.717, 1.165) is 59.5 Å². The van der Waals surface area contributed by atoms with Gasteiger partial charge in [0, 0.05) is 54.3 Å². The number of hydrogen-bond acceptors (Lipinski definition) is 5. The summed E-state index contributed by atoms with van der Waals surface area (Å²) in [4.78, 5) is 7.50. The van der Waals surface area contributed by atoms with Gasteiger partial charge in [-0.2, -0.15) is 0 Å². The highest BCUT2D eigenvalue weighted by molar-refractivity contribution is 5.83. The van der Waals surface area contributed by atoms with Crippen LogP contribution in [0.5, 0.6) is 0 Å². The van der Waals surface area contributed by atoms with Crippen molar-refractivity contribution in [1.29, 1.82) is 0 Å². The van der Waals surface area contributed by atoms with E-state index in [4.69, 9.17) is 10.1 Å². The van der Waals surface area contributed by atoms with Crippen LogP contribution in [0.3, 0.4) is 0 Å². The van der Waals surface area contributed by atoms with E-state index >= 15 is 0 Å². The van der Waals surface area contributed by atoms with Crippen molar-refractivity contribution in [2.75, 3.05) is 39.8 Å². The molecule has 0 radical (unpaired) electrons. The van der Waals surface area contributed by atoms with Gasteiger partial charge in [0.1, 0.15) is 5.82 Å². The predicted octanol–water partition coefficient (Wildman–Crippen LogP) is 0.708. The van der Waals surface area contributed by atoms with Gasteiger partial charge in [0.05, 0.1) is 17.6 Å². The third-order valence-corrected chi connectivity index (χ3v) is 4.66. The lowest BCUT2D eigenvalue weighted by molar-refractivity contribution is 0.225. The van der Waals surface area contributed by atoms with Crippen LogP contribution in [0, 0.1) is 6.92 Å². The molecule has 2 aliphatic heterocycles. The van der Waals surface area contributed by atoms with Gasteiger partial charge >= 0.3 is 0 Å². The zero-order chi connectivity index (χ0) is 16.2. The molecule has 128 valence electrons. The van der Waals surface area contributed by atoms with Crippen LogP contribution in [0.25, 0.3) is 11.0 Å². The summed E-state index contributed by atoms with van der Waals surface area (Å²) in [6.07, 6.45) is 0. The Morgan fingerprint density at radius 1 is 1.13 bits per heavy atom. The van der Waals surface area contributed by atoms with Gasteiger partial charge in [-0.1, -0.05) is 12.1 Å². The Kier molecular flexibility index (Phi) is 5.27. The van der Waals surface area contributed by atoms with Gasteiger partial charge < -0.3 is 20.3 Å². The van der Waals surface area contributed by atoms with Crippen molar-refractivity contribution in [3.8, 4) is 0 Å². The van der Waals surface area contributed by atoms with Crippen molar-refractivity contribution in [3.05, 3.63) is 29.1 Å². The lowest BCUT2D eigenvalue weighted by atomic mass is 10.1. The number of aliphatic hydroxyl groups is 1. The molecule has 23 heavy (non-hydrogen) atoms. The first-order chi connectivity index (χ1) is 11.3. The quantitative estimate of drug-likeness (QED) is 0.761. The van der Waals surface area contributed by atoms with Gasteiger partial charge in [-0.3, -0.25) is 4.90 Å². The first kappa shape index (κ1) is 16.4. The number of aryl methyl sites for hydroxylation is 1. The number of rotatable bonds is 2. The van der Waals surface area contributed by atoms with E-state index in [9.17, 15) is 0 Å². The SMILES string of the molecule is CO.Cc1ccc2c3c1nc(CN1CCNCC1)n3CCNC2.[HH]. The number of aromatic nitrogens is 2. The normalized spacial score (nSPS) is 18.4. The average molecular weight is 319 g/mol. The summed E-state index contributed by atoms with van der Waals surface area (Å²) in [5.74, 6) is 1.23.